The van der Waals surface area contributed by atoms with Gasteiger partial charge in [-0.25, -0.2) is 9.59 Å². The number of esters is 2. The highest BCUT2D eigenvalue weighted by molar-refractivity contribution is 6.04. The van der Waals surface area contributed by atoms with E-state index < -0.39 is 11.9 Å². The molecule has 0 aromatic heterocycles. The summed E-state index contributed by atoms with van der Waals surface area (Å²) in [4.78, 5) is 34.0. The Bertz CT molecular complexity index is 464. The van der Waals surface area contributed by atoms with Crippen molar-refractivity contribution in [1.82, 2.24) is 0 Å². The lowest BCUT2D eigenvalue weighted by Gasteiger charge is -2.08. The molecule has 0 aliphatic rings. The van der Waals surface area contributed by atoms with Gasteiger partial charge in [0.25, 0.3) is 0 Å². The molecule has 96 valence electrons. The maximum atomic E-state index is 11.7. The van der Waals surface area contributed by atoms with Crippen molar-refractivity contribution in [3.8, 4) is 0 Å². The Morgan fingerprint density at radius 3 is 2.11 bits per heavy atom. The number of benzene rings is 1. The minimum atomic E-state index is -0.649. The summed E-state index contributed by atoms with van der Waals surface area (Å²) < 4.78 is 9.67. The van der Waals surface area contributed by atoms with Gasteiger partial charge in [0.1, 0.15) is 6.29 Å². The van der Waals surface area contributed by atoms with Crippen LogP contribution >= 0.6 is 0 Å². The minimum Gasteiger partial charge on any atom is -0.462 e. The van der Waals surface area contributed by atoms with E-state index >= 15 is 0 Å². The highest BCUT2D eigenvalue weighted by atomic mass is 16.5. The third-order valence-corrected chi connectivity index (χ3v) is 2.17. The molecule has 0 fully saturated rings. The second-order valence-electron chi connectivity index (χ2n) is 3.36. The van der Waals surface area contributed by atoms with Gasteiger partial charge in [-0.15, -0.1) is 0 Å². The van der Waals surface area contributed by atoms with Crippen LogP contribution in [-0.4, -0.2) is 31.4 Å². The van der Waals surface area contributed by atoms with Crippen molar-refractivity contribution in [1.29, 1.82) is 0 Å². The third-order valence-electron chi connectivity index (χ3n) is 2.17. The van der Waals surface area contributed by atoms with E-state index in [1.54, 1.807) is 13.8 Å². The van der Waals surface area contributed by atoms with Crippen molar-refractivity contribution in [2.45, 2.75) is 13.8 Å². The molecule has 18 heavy (non-hydrogen) atoms. The van der Waals surface area contributed by atoms with Gasteiger partial charge >= 0.3 is 11.9 Å². The number of hydrogen-bond donors (Lipinski definition) is 0. The van der Waals surface area contributed by atoms with E-state index in [1.807, 2.05) is 0 Å². The van der Waals surface area contributed by atoms with Crippen LogP contribution in [0.4, 0.5) is 0 Å². The standard InChI is InChI=1S/C13H14O5/c1-3-17-12(15)10-6-5-9(8-14)7-11(10)13(16)18-4-2/h5-8H,3-4H2,1-2H3. The molecule has 0 radical (unpaired) electrons. The van der Waals surface area contributed by atoms with Gasteiger partial charge in [-0.05, 0) is 26.0 Å². The quantitative estimate of drug-likeness (QED) is 0.589. The summed E-state index contributed by atoms with van der Waals surface area (Å²) in [7, 11) is 0. The first-order valence-electron chi connectivity index (χ1n) is 5.57. The Kier molecular flexibility index (Phi) is 5.05. The molecule has 0 saturated heterocycles. The van der Waals surface area contributed by atoms with Gasteiger partial charge in [-0.3, -0.25) is 4.79 Å². The molecule has 0 saturated carbocycles. The number of carbonyl (C=O) groups excluding carboxylic acids is 3. The van der Waals surface area contributed by atoms with Gasteiger partial charge in [0.15, 0.2) is 0 Å². The lowest BCUT2D eigenvalue weighted by Crippen LogP contribution is -2.14. The van der Waals surface area contributed by atoms with E-state index in [0.717, 1.165) is 0 Å². The molecule has 0 heterocycles. The van der Waals surface area contributed by atoms with Crippen LogP contribution in [0.1, 0.15) is 44.9 Å². The molecule has 1 aromatic carbocycles. The Morgan fingerprint density at radius 2 is 1.61 bits per heavy atom. The largest absolute Gasteiger partial charge is 0.462 e. The molecule has 0 amide bonds. The van der Waals surface area contributed by atoms with Crippen molar-refractivity contribution in [2.75, 3.05) is 13.2 Å². The summed E-state index contributed by atoms with van der Waals surface area (Å²) in [5, 5.41) is 0. The SMILES string of the molecule is CCOC(=O)c1ccc(C=O)cc1C(=O)OCC. The van der Waals surface area contributed by atoms with Crippen molar-refractivity contribution >= 4 is 18.2 Å². The van der Waals surface area contributed by atoms with E-state index in [-0.39, 0.29) is 24.3 Å². The highest BCUT2D eigenvalue weighted by Gasteiger charge is 2.19. The van der Waals surface area contributed by atoms with Crippen molar-refractivity contribution in [3.63, 3.8) is 0 Å². The van der Waals surface area contributed by atoms with E-state index in [2.05, 4.69) is 0 Å². The number of carbonyl (C=O) groups is 3. The Balaban J connectivity index is 3.19. The predicted molar refractivity (Wildman–Crippen MR) is 63.7 cm³/mol. The smallest absolute Gasteiger partial charge is 0.339 e. The zero-order valence-electron chi connectivity index (χ0n) is 10.3. The minimum absolute atomic E-state index is 0.0416. The normalized spacial score (nSPS) is 9.67. The van der Waals surface area contributed by atoms with Crippen molar-refractivity contribution in [2.24, 2.45) is 0 Å². The fourth-order valence-corrected chi connectivity index (χ4v) is 1.40. The van der Waals surface area contributed by atoms with Crippen LogP contribution < -0.4 is 0 Å². The van der Waals surface area contributed by atoms with Crippen LogP contribution in [0.25, 0.3) is 0 Å². The molecule has 0 atom stereocenters. The zero-order chi connectivity index (χ0) is 13.5. The average Bonchev–Trinajstić information content (AvgIpc) is 2.38. The first kappa shape index (κ1) is 13.9. The van der Waals surface area contributed by atoms with Gasteiger partial charge < -0.3 is 9.47 Å². The predicted octanol–water partition coefficient (Wildman–Crippen LogP) is 1.85. The first-order chi connectivity index (χ1) is 8.63. The lowest BCUT2D eigenvalue weighted by molar-refractivity contribution is 0.0479. The second-order valence-corrected chi connectivity index (χ2v) is 3.36. The Labute approximate surface area is 105 Å². The topological polar surface area (TPSA) is 69.7 Å². The molecule has 5 nitrogen and oxygen atoms in total. The maximum absolute atomic E-state index is 11.7. The Hall–Kier alpha value is -2.17. The van der Waals surface area contributed by atoms with E-state index in [4.69, 9.17) is 9.47 Å². The first-order valence-corrected chi connectivity index (χ1v) is 5.57. The van der Waals surface area contributed by atoms with Gasteiger partial charge in [-0.2, -0.15) is 0 Å². The van der Waals surface area contributed by atoms with Crippen molar-refractivity contribution < 1.29 is 23.9 Å². The molecule has 0 aliphatic carbocycles. The maximum Gasteiger partial charge on any atom is 0.339 e. The van der Waals surface area contributed by atoms with Gasteiger partial charge in [0.2, 0.25) is 0 Å². The summed E-state index contributed by atoms with van der Waals surface area (Å²) >= 11 is 0. The molecule has 0 spiro atoms. The summed E-state index contributed by atoms with van der Waals surface area (Å²) in [5.74, 6) is -1.26. The summed E-state index contributed by atoms with van der Waals surface area (Å²) in [6.07, 6.45) is 0.595. The van der Waals surface area contributed by atoms with E-state index in [9.17, 15) is 14.4 Å². The molecular weight excluding hydrogens is 236 g/mol. The highest BCUT2D eigenvalue weighted by Crippen LogP contribution is 2.14. The number of hydrogen-bond acceptors (Lipinski definition) is 5. The van der Waals surface area contributed by atoms with E-state index in [1.165, 1.54) is 18.2 Å². The fourth-order valence-electron chi connectivity index (χ4n) is 1.40. The average molecular weight is 250 g/mol. The fraction of sp³-hybridized carbons (Fsp3) is 0.308. The molecule has 5 heteroatoms. The van der Waals surface area contributed by atoms with Crippen molar-refractivity contribution in [3.05, 3.63) is 34.9 Å². The second kappa shape index (κ2) is 6.54. The zero-order valence-corrected chi connectivity index (χ0v) is 10.3. The van der Waals surface area contributed by atoms with Crippen LogP contribution in [0.3, 0.4) is 0 Å². The number of aldehydes is 1. The van der Waals surface area contributed by atoms with Gasteiger partial charge in [0, 0.05) is 5.56 Å². The van der Waals surface area contributed by atoms with E-state index in [0.29, 0.717) is 11.8 Å². The Morgan fingerprint density at radius 1 is 1.06 bits per heavy atom. The van der Waals surface area contributed by atoms with Crippen LogP contribution in [0.5, 0.6) is 0 Å². The molecular formula is C13H14O5. The van der Waals surface area contributed by atoms with Gasteiger partial charge in [0.05, 0.1) is 24.3 Å². The third kappa shape index (κ3) is 3.16. The number of rotatable bonds is 5. The number of ether oxygens (including phenoxy) is 2. The van der Waals surface area contributed by atoms with Crippen LogP contribution in [-0.2, 0) is 9.47 Å². The van der Waals surface area contributed by atoms with Gasteiger partial charge in [-0.1, -0.05) is 6.07 Å². The molecule has 0 aliphatic heterocycles. The van der Waals surface area contributed by atoms with Crippen LogP contribution in [0.15, 0.2) is 18.2 Å². The molecule has 0 N–H and O–H groups in total. The lowest BCUT2D eigenvalue weighted by atomic mass is 10.0. The summed E-state index contributed by atoms with van der Waals surface area (Å²) in [6.45, 7) is 3.72. The summed E-state index contributed by atoms with van der Waals surface area (Å²) in [6, 6.07) is 4.15. The summed E-state index contributed by atoms with van der Waals surface area (Å²) in [5.41, 5.74) is 0.437. The molecule has 1 rings (SSSR count). The van der Waals surface area contributed by atoms with Crippen LogP contribution in [0, 0.1) is 0 Å². The molecule has 0 unspecified atom stereocenters. The molecule has 0 bridgehead atoms. The molecule has 1 aromatic rings. The van der Waals surface area contributed by atoms with Crippen LogP contribution in [0.2, 0.25) is 0 Å². The monoisotopic (exact) mass is 250 g/mol.